The Labute approximate surface area is 112 Å². The highest BCUT2D eigenvalue weighted by Crippen LogP contribution is 2.23. The Kier molecular flexibility index (Phi) is 4.77. The van der Waals surface area contributed by atoms with Gasteiger partial charge in [0.05, 0.1) is 16.4 Å². The third kappa shape index (κ3) is 3.18. The van der Waals surface area contributed by atoms with E-state index in [1.807, 2.05) is 11.6 Å². The first-order chi connectivity index (χ1) is 8.22. The summed E-state index contributed by atoms with van der Waals surface area (Å²) in [4.78, 5) is 0. The molecule has 0 saturated carbocycles. The molecular formula is C12H20ClN3S. The minimum atomic E-state index is 0.820. The molecule has 17 heavy (non-hydrogen) atoms. The maximum Gasteiger partial charge on any atom is 0.0860 e. The van der Waals surface area contributed by atoms with Crippen molar-refractivity contribution in [3.05, 3.63) is 16.4 Å². The first-order valence-corrected chi connectivity index (χ1v) is 7.75. The summed E-state index contributed by atoms with van der Waals surface area (Å²) in [6, 6.07) is 0. The average molecular weight is 274 g/mol. The van der Waals surface area contributed by atoms with E-state index in [4.69, 9.17) is 11.6 Å². The van der Waals surface area contributed by atoms with Crippen molar-refractivity contribution in [2.45, 2.75) is 33.4 Å². The molecule has 2 rings (SSSR count). The van der Waals surface area contributed by atoms with Crippen LogP contribution in [0.25, 0.3) is 0 Å². The highest BCUT2D eigenvalue weighted by Gasteiger charge is 2.16. The molecule has 1 unspecified atom stereocenters. The minimum Gasteiger partial charge on any atom is -0.311 e. The van der Waals surface area contributed by atoms with Crippen LogP contribution in [0.15, 0.2) is 0 Å². The van der Waals surface area contributed by atoms with E-state index in [9.17, 15) is 0 Å². The Morgan fingerprint density at radius 2 is 2.41 bits per heavy atom. The number of nitrogens with one attached hydrogen (secondary N) is 1. The maximum absolute atomic E-state index is 6.26. The van der Waals surface area contributed by atoms with E-state index >= 15 is 0 Å². The summed E-state index contributed by atoms with van der Waals surface area (Å²) in [5.74, 6) is 3.45. The standard InChI is InChI=1S/C12H20ClN3S/c1-3-16-11(12(13)9(2)15-16)7-14-6-10-4-5-17-8-10/h10,14H,3-8H2,1-2H3. The van der Waals surface area contributed by atoms with Crippen LogP contribution in [0.1, 0.15) is 24.7 Å². The van der Waals surface area contributed by atoms with E-state index in [2.05, 4.69) is 29.1 Å². The number of nitrogens with zero attached hydrogens (tertiary/aromatic N) is 2. The number of aromatic nitrogens is 2. The number of halogens is 1. The van der Waals surface area contributed by atoms with Crippen molar-refractivity contribution in [1.29, 1.82) is 0 Å². The predicted molar refractivity (Wildman–Crippen MR) is 74.8 cm³/mol. The smallest absolute Gasteiger partial charge is 0.0860 e. The fraction of sp³-hybridized carbons (Fsp3) is 0.750. The van der Waals surface area contributed by atoms with Crippen LogP contribution in [0, 0.1) is 12.8 Å². The molecular weight excluding hydrogens is 254 g/mol. The van der Waals surface area contributed by atoms with Crippen LogP contribution in [-0.4, -0.2) is 27.8 Å². The topological polar surface area (TPSA) is 29.9 Å². The molecule has 1 N–H and O–H groups in total. The number of thioether (sulfide) groups is 1. The third-order valence-corrected chi connectivity index (χ3v) is 4.93. The summed E-state index contributed by atoms with van der Waals surface area (Å²) in [5.41, 5.74) is 2.05. The van der Waals surface area contributed by atoms with Gasteiger partial charge in [-0.25, -0.2) is 0 Å². The van der Waals surface area contributed by atoms with Crippen LogP contribution < -0.4 is 5.32 Å². The van der Waals surface area contributed by atoms with Gasteiger partial charge in [0.25, 0.3) is 0 Å². The van der Waals surface area contributed by atoms with Crippen molar-refractivity contribution in [3.8, 4) is 0 Å². The van der Waals surface area contributed by atoms with Crippen LogP contribution in [-0.2, 0) is 13.1 Å². The first-order valence-electron chi connectivity index (χ1n) is 6.22. The monoisotopic (exact) mass is 273 g/mol. The van der Waals surface area contributed by atoms with Crippen LogP contribution in [0.5, 0.6) is 0 Å². The molecule has 1 saturated heterocycles. The van der Waals surface area contributed by atoms with Gasteiger partial charge in [0.1, 0.15) is 0 Å². The molecule has 0 bridgehead atoms. The van der Waals surface area contributed by atoms with Crippen molar-refractivity contribution < 1.29 is 0 Å². The molecule has 1 aliphatic heterocycles. The summed E-state index contributed by atoms with van der Waals surface area (Å²) in [5, 5.41) is 8.75. The Bertz CT molecular complexity index is 372. The Morgan fingerprint density at radius 3 is 3.06 bits per heavy atom. The first kappa shape index (κ1) is 13.2. The van der Waals surface area contributed by atoms with E-state index in [1.54, 1.807) is 0 Å². The summed E-state index contributed by atoms with van der Waals surface area (Å²) in [6.07, 6.45) is 1.34. The van der Waals surface area contributed by atoms with Crippen molar-refractivity contribution in [3.63, 3.8) is 0 Å². The van der Waals surface area contributed by atoms with E-state index in [1.165, 1.54) is 17.9 Å². The van der Waals surface area contributed by atoms with Gasteiger partial charge in [0.15, 0.2) is 0 Å². The molecule has 1 atom stereocenters. The molecule has 2 heterocycles. The average Bonchev–Trinajstić information content (AvgIpc) is 2.92. The molecule has 0 spiro atoms. The highest BCUT2D eigenvalue weighted by atomic mass is 35.5. The van der Waals surface area contributed by atoms with Crippen LogP contribution >= 0.6 is 23.4 Å². The molecule has 96 valence electrons. The van der Waals surface area contributed by atoms with Crippen molar-refractivity contribution in [1.82, 2.24) is 15.1 Å². The zero-order valence-electron chi connectivity index (χ0n) is 10.5. The van der Waals surface area contributed by atoms with Gasteiger partial charge in [-0.2, -0.15) is 16.9 Å². The largest absolute Gasteiger partial charge is 0.311 e. The quantitative estimate of drug-likeness (QED) is 0.895. The number of hydrogen-bond donors (Lipinski definition) is 1. The molecule has 1 fully saturated rings. The fourth-order valence-corrected chi connectivity index (χ4v) is 3.66. The Morgan fingerprint density at radius 1 is 1.59 bits per heavy atom. The van der Waals surface area contributed by atoms with E-state index in [0.29, 0.717) is 0 Å². The lowest BCUT2D eigenvalue weighted by Gasteiger charge is -2.11. The summed E-state index contributed by atoms with van der Waals surface area (Å²) >= 11 is 8.32. The van der Waals surface area contributed by atoms with Crippen molar-refractivity contribution >= 4 is 23.4 Å². The van der Waals surface area contributed by atoms with Crippen LogP contribution in [0.3, 0.4) is 0 Å². The summed E-state index contributed by atoms with van der Waals surface area (Å²) in [7, 11) is 0. The summed E-state index contributed by atoms with van der Waals surface area (Å²) < 4.78 is 1.99. The predicted octanol–water partition coefficient (Wildman–Crippen LogP) is 2.71. The van der Waals surface area contributed by atoms with Crippen LogP contribution in [0.2, 0.25) is 5.02 Å². The number of hydrogen-bond acceptors (Lipinski definition) is 3. The van der Waals surface area contributed by atoms with E-state index in [0.717, 1.165) is 42.0 Å². The molecule has 0 radical (unpaired) electrons. The van der Waals surface area contributed by atoms with Gasteiger partial charge >= 0.3 is 0 Å². The molecule has 1 aromatic heterocycles. The molecule has 1 aromatic rings. The zero-order valence-corrected chi connectivity index (χ0v) is 12.1. The second kappa shape index (κ2) is 6.12. The zero-order chi connectivity index (χ0) is 12.3. The van der Waals surface area contributed by atoms with Gasteiger partial charge in [-0.1, -0.05) is 11.6 Å². The van der Waals surface area contributed by atoms with E-state index < -0.39 is 0 Å². The second-order valence-electron chi connectivity index (χ2n) is 4.52. The lowest BCUT2D eigenvalue weighted by molar-refractivity contribution is 0.505. The SMILES string of the molecule is CCn1nc(C)c(Cl)c1CNCC1CCSC1. The number of rotatable bonds is 5. The Balaban J connectivity index is 1.89. The molecule has 5 heteroatoms. The molecule has 0 aromatic carbocycles. The van der Waals surface area contributed by atoms with Gasteiger partial charge in [-0.3, -0.25) is 4.68 Å². The summed E-state index contributed by atoms with van der Waals surface area (Å²) in [6.45, 7) is 6.86. The van der Waals surface area contributed by atoms with Gasteiger partial charge in [-0.05, 0) is 44.2 Å². The Hall–Kier alpha value is -0.190. The van der Waals surface area contributed by atoms with Gasteiger partial charge in [0.2, 0.25) is 0 Å². The highest BCUT2D eigenvalue weighted by molar-refractivity contribution is 7.99. The molecule has 0 amide bonds. The molecule has 3 nitrogen and oxygen atoms in total. The third-order valence-electron chi connectivity index (χ3n) is 3.20. The van der Waals surface area contributed by atoms with Crippen molar-refractivity contribution in [2.24, 2.45) is 5.92 Å². The molecule has 0 aliphatic carbocycles. The van der Waals surface area contributed by atoms with Crippen molar-refractivity contribution in [2.75, 3.05) is 18.1 Å². The number of aryl methyl sites for hydroxylation is 2. The normalized spacial score (nSPS) is 20.1. The van der Waals surface area contributed by atoms with E-state index in [-0.39, 0.29) is 0 Å². The van der Waals surface area contributed by atoms with Gasteiger partial charge in [-0.15, -0.1) is 0 Å². The maximum atomic E-state index is 6.26. The second-order valence-corrected chi connectivity index (χ2v) is 6.05. The van der Waals surface area contributed by atoms with Crippen LogP contribution in [0.4, 0.5) is 0 Å². The van der Waals surface area contributed by atoms with Gasteiger partial charge in [0, 0.05) is 13.1 Å². The fourth-order valence-electron chi connectivity index (χ4n) is 2.18. The molecule has 1 aliphatic rings. The van der Waals surface area contributed by atoms with Gasteiger partial charge < -0.3 is 5.32 Å². The minimum absolute atomic E-state index is 0.820. The lowest BCUT2D eigenvalue weighted by Crippen LogP contribution is -2.23. The lowest BCUT2D eigenvalue weighted by atomic mass is 10.1.